The Hall–Kier alpha value is -0.750. The minimum Gasteiger partial charge on any atom is -0.379 e. The van der Waals surface area contributed by atoms with Crippen molar-refractivity contribution >= 4 is 34.7 Å². The lowest BCUT2D eigenvalue weighted by Gasteiger charge is -2.35. The fraction of sp³-hybridized carbons (Fsp3) is 0.895. The Morgan fingerprint density at radius 3 is 1.83 bits per heavy atom. The van der Waals surface area contributed by atoms with E-state index in [2.05, 4.69) is 49.0 Å². The van der Waals surface area contributed by atoms with Crippen LogP contribution in [0.3, 0.4) is 0 Å². The van der Waals surface area contributed by atoms with Crippen LogP contribution in [0.25, 0.3) is 0 Å². The third-order valence-corrected chi connectivity index (χ3v) is 4.42. The van der Waals surface area contributed by atoms with Gasteiger partial charge in [0.05, 0.1) is 43.7 Å². The van der Waals surface area contributed by atoms with Crippen molar-refractivity contribution in [3.8, 4) is 0 Å². The van der Waals surface area contributed by atoms with Gasteiger partial charge in [0.2, 0.25) is 0 Å². The van der Waals surface area contributed by atoms with Crippen LogP contribution in [0.1, 0.15) is 12.8 Å². The second-order valence-electron chi connectivity index (χ2n) is 6.77. The van der Waals surface area contributed by atoms with Crippen LogP contribution >= 0.6 is 24.4 Å². The summed E-state index contributed by atoms with van der Waals surface area (Å²) in [5.41, 5.74) is -0.197. The fourth-order valence-electron chi connectivity index (χ4n) is 2.83. The van der Waals surface area contributed by atoms with E-state index in [0.29, 0.717) is 51.3 Å². The predicted molar refractivity (Wildman–Crippen MR) is 130 cm³/mol. The Balaban J connectivity index is 3.64. The molecule has 0 unspecified atom stereocenters. The van der Waals surface area contributed by atoms with Crippen molar-refractivity contribution in [2.75, 3.05) is 93.5 Å². The molecule has 0 aromatic heterocycles. The first-order valence-corrected chi connectivity index (χ1v) is 11.2. The van der Waals surface area contributed by atoms with Gasteiger partial charge in [-0.2, -0.15) is 0 Å². The van der Waals surface area contributed by atoms with E-state index in [1.807, 2.05) is 21.1 Å². The average molecular weight is 465 g/mol. The Morgan fingerprint density at radius 2 is 1.33 bits per heavy atom. The topological polar surface area (TPSA) is 100 Å². The van der Waals surface area contributed by atoms with Gasteiger partial charge in [0, 0.05) is 39.4 Å². The number of isothiocyanates is 1. The number of thiocarbonyl (C=S) groups is 2. The quantitative estimate of drug-likeness (QED) is 0.0891. The Labute approximate surface area is 192 Å². The zero-order valence-electron chi connectivity index (χ0n) is 18.7. The Morgan fingerprint density at radius 1 is 0.833 bits per heavy atom. The van der Waals surface area contributed by atoms with Crippen molar-refractivity contribution in [2.45, 2.75) is 18.4 Å². The molecule has 0 saturated carbocycles. The van der Waals surface area contributed by atoms with E-state index in [4.69, 9.17) is 26.4 Å². The summed E-state index contributed by atoms with van der Waals surface area (Å²) in [6, 6.07) is 0. The third kappa shape index (κ3) is 17.0. The summed E-state index contributed by atoms with van der Waals surface area (Å²) in [6.07, 6.45) is 1.72. The second kappa shape index (κ2) is 21.5. The van der Waals surface area contributed by atoms with Gasteiger partial charge in [0.25, 0.3) is 0 Å². The molecule has 0 heterocycles. The van der Waals surface area contributed by atoms with Crippen LogP contribution in [-0.2, 0) is 14.2 Å². The Kier molecular flexibility index (Phi) is 20.9. The number of ether oxygens (including phenoxy) is 3. The van der Waals surface area contributed by atoms with Crippen molar-refractivity contribution in [3.05, 3.63) is 0 Å². The van der Waals surface area contributed by atoms with E-state index in [-0.39, 0.29) is 5.54 Å². The van der Waals surface area contributed by atoms with Crippen LogP contribution in [0.4, 0.5) is 0 Å². The minimum atomic E-state index is -0.197. The molecule has 0 aliphatic rings. The summed E-state index contributed by atoms with van der Waals surface area (Å²) >= 11 is 9.95. The highest BCUT2D eigenvalue weighted by Crippen LogP contribution is 2.01. The lowest BCUT2D eigenvalue weighted by molar-refractivity contribution is 0.0142. The van der Waals surface area contributed by atoms with Crippen LogP contribution in [0.5, 0.6) is 0 Å². The molecule has 0 saturated heterocycles. The van der Waals surface area contributed by atoms with Crippen molar-refractivity contribution in [1.82, 2.24) is 26.6 Å². The summed E-state index contributed by atoms with van der Waals surface area (Å²) in [5, 5.41) is 19.3. The molecule has 11 heteroatoms. The first kappa shape index (κ1) is 29.2. The lowest BCUT2D eigenvalue weighted by Crippen LogP contribution is -2.65. The smallest absolute Gasteiger partial charge is 0.166 e. The molecule has 0 aliphatic heterocycles. The molecule has 0 aromatic rings. The van der Waals surface area contributed by atoms with Gasteiger partial charge in [-0.15, -0.1) is 0 Å². The number of hydrogen-bond acceptors (Lipinski definition) is 9. The van der Waals surface area contributed by atoms with Gasteiger partial charge in [-0.1, -0.05) is 0 Å². The maximum atomic E-state index is 5.58. The van der Waals surface area contributed by atoms with Crippen LogP contribution < -0.4 is 26.6 Å². The first-order chi connectivity index (χ1) is 14.6. The molecule has 0 spiro atoms. The second-order valence-corrected chi connectivity index (χ2v) is 7.36. The highest BCUT2D eigenvalue weighted by Gasteiger charge is 2.28. The zero-order chi connectivity index (χ0) is 22.3. The van der Waals surface area contributed by atoms with Crippen molar-refractivity contribution in [1.29, 1.82) is 0 Å². The number of likely N-dealkylation sites (N-methyl/N-ethyl adjacent to an activating group) is 3. The molecule has 0 aromatic carbocycles. The van der Waals surface area contributed by atoms with E-state index < -0.39 is 0 Å². The molecule has 0 aliphatic carbocycles. The molecule has 0 atom stereocenters. The molecule has 0 amide bonds. The molecule has 0 bridgehead atoms. The highest BCUT2D eigenvalue weighted by molar-refractivity contribution is 7.80. The first-order valence-electron chi connectivity index (χ1n) is 10.4. The molecular formula is C19H40N6O3S2. The minimum absolute atomic E-state index is 0.197. The zero-order valence-corrected chi connectivity index (χ0v) is 20.3. The number of aliphatic imine (C=N–C) groups is 1. The summed E-state index contributed by atoms with van der Waals surface area (Å²) in [5.74, 6) is 0. The van der Waals surface area contributed by atoms with Crippen LogP contribution in [0, 0.1) is 0 Å². The van der Waals surface area contributed by atoms with Crippen LogP contribution in [-0.4, -0.2) is 109 Å². The molecule has 0 fully saturated rings. The summed E-state index contributed by atoms with van der Waals surface area (Å²) < 4.78 is 16.5. The number of nitrogens with one attached hydrogen (secondary N) is 5. The van der Waals surface area contributed by atoms with Crippen molar-refractivity contribution in [2.24, 2.45) is 4.99 Å². The normalized spacial score (nSPS) is 11.2. The Bertz CT molecular complexity index is 451. The van der Waals surface area contributed by atoms with E-state index in [9.17, 15) is 0 Å². The number of nitrogens with zero attached hydrogens (tertiary/aromatic N) is 1. The molecule has 30 heavy (non-hydrogen) atoms. The van der Waals surface area contributed by atoms with Gasteiger partial charge in [0.15, 0.2) is 5.11 Å². The van der Waals surface area contributed by atoms with Gasteiger partial charge in [-0.3, -0.25) is 0 Å². The molecule has 9 nitrogen and oxygen atoms in total. The predicted octanol–water partition coefficient (Wildman–Crippen LogP) is -0.220. The number of hydrogen-bond donors (Lipinski definition) is 5. The molecule has 0 radical (unpaired) electrons. The van der Waals surface area contributed by atoms with E-state index in [1.165, 1.54) is 0 Å². The lowest BCUT2D eigenvalue weighted by atomic mass is 9.99. The maximum Gasteiger partial charge on any atom is 0.166 e. The average Bonchev–Trinajstić information content (AvgIpc) is 2.71. The summed E-state index contributed by atoms with van der Waals surface area (Å²) in [4.78, 5) is 3.82. The van der Waals surface area contributed by atoms with Gasteiger partial charge in [-0.25, -0.2) is 4.99 Å². The summed E-state index contributed by atoms with van der Waals surface area (Å²) in [6.45, 7) is 7.36. The van der Waals surface area contributed by atoms with E-state index in [0.717, 1.165) is 39.0 Å². The van der Waals surface area contributed by atoms with Crippen molar-refractivity contribution in [3.63, 3.8) is 0 Å². The number of rotatable bonds is 21. The monoisotopic (exact) mass is 464 g/mol. The molecule has 0 rings (SSSR count). The molecular weight excluding hydrogens is 424 g/mol. The standard InChI is InChI=1S/C19H40N6O3S2/c1-20-14-19(15-21-2,16-22-3)25-18(30)24-7-5-9-27-11-13-28-12-10-26-8-4-6-23-17-29/h20-22H,4-16H2,1-3H3,(H2,24,25,30). The SMILES string of the molecule is CNCC(CNC)(CNC)NC(=S)NCCCOCCOCCOCCCN=C=S. The maximum absolute atomic E-state index is 5.58. The van der Waals surface area contributed by atoms with E-state index >= 15 is 0 Å². The van der Waals surface area contributed by atoms with E-state index in [1.54, 1.807) is 0 Å². The van der Waals surface area contributed by atoms with Gasteiger partial charge >= 0.3 is 0 Å². The summed E-state index contributed by atoms with van der Waals surface area (Å²) in [7, 11) is 5.81. The molecule has 5 N–H and O–H groups in total. The third-order valence-electron chi connectivity index (χ3n) is 4.04. The van der Waals surface area contributed by atoms with Gasteiger partial charge in [-0.05, 0) is 58.4 Å². The highest BCUT2D eigenvalue weighted by atomic mass is 32.1. The van der Waals surface area contributed by atoms with Crippen molar-refractivity contribution < 1.29 is 14.2 Å². The van der Waals surface area contributed by atoms with Crippen LogP contribution in [0.2, 0.25) is 0 Å². The van der Waals surface area contributed by atoms with Gasteiger partial charge < -0.3 is 40.8 Å². The van der Waals surface area contributed by atoms with Gasteiger partial charge in [0.1, 0.15) is 0 Å². The van der Waals surface area contributed by atoms with Crippen LogP contribution in [0.15, 0.2) is 4.99 Å². The largest absolute Gasteiger partial charge is 0.379 e. The molecule has 176 valence electrons. The fourth-order valence-corrected chi connectivity index (χ4v) is 3.24.